The SMILES string of the molecule is CC(C)(C)OC(=O)NC1CCCN(C2Cc3cc(Cl)ccc3C2O)C1. The Hall–Kier alpha value is -1.30. The first kappa shape index (κ1) is 18.5. The summed E-state index contributed by atoms with van der Waals surface area (Å²) in [5, 5.41) is 14.4. The summed E-state index contributed by atoms with van der Waals surface area (Å²) in [7, 11) is 0. The van der Waals surface area contributed by atoms with Crippen LogP contribution in [-0.4, -0.2) is 46.9 Å². The Bertz CT molecular complexity index is 644. The Kier molecular flexibility index (Phi) is 5.28. The second-order valence-corrected chi connectivity index (χ2v) is 8.48. The molecule has 3 rings (SSSR count). The molecule has 2 aliphatic rings. The number of benzene rings is 1. The molecule has 25 heavy (non-hydrogen) atoms. The van der Waals surface area contributed by atoms with E-state index in [4.69, 9.17) is 16.3 Å². The number of aliphatic hydroxyl groups excluding tert-OH is 1. The van der Waals surface area contributed by atoms with Crippen molar-refractivity contribution in [1.82, 2.24) is 10.2 Å². The molecule has 3 unspecified atom stereocenters. The Morgan fingerprint density at radius 2 is 2.16 bits per heavy atom. The molecule has 1 heterocycles. The maximum Gasteiger partial charge on any atom is 0.407 e. The van der Waals surface area contributed by atoms with Crippen molar-refractivity contribution in [2.75, 3.05) is 13.1 Å². The molecule has 0 radical (unpaired) electrons. The molecule has 0 spiro atoms. The maximum atomic E-state index is 12.0. The number of rotatable bonds is 2. The molecular weight excluding hydrogens is 340 g/mol. The zero-order valence-electron chi connectivity index (χ0n) is 15.1. The van der Waals surface area contributed by atoms with E-state index in [2.05, 4.69) is 10.2 Å². The van der Waals surface area contributed by atoms with Gasteiger partial charge in [0.2, 0.25) is 0 Å². The first-order chi connectivity index (χ1) is 11.7. The smallest absolute Gasteiger partial charge is 0.407 e. The highest BCUT2D eigenvalue weighted by atomic mass is 35.5. The van der Waals surface area contributed by atoms with E-state index in [1.54, 1.807) is 0 Å². The van der Waals surface area contributed by atoms with Crippen LogP contribution in [0.15, 0.2) is 18.2 Å². The van der Waals surface area contributed by atoms with Gasteiger partial charge < -0.3 is 15.2 Å². The van der Waals surface area contributed by atoms with Crippen molar-refractivity contribution in [3.8, 4) is 0 Å². The summed E-state index contributed by atoms with van der Waals surface area (Å²) < 4.78 is 5.35. The van der Waals surface area contributed by atoms with Gasteiger partial charge in [-0.1, -0.05) is 17.7 Å². The zero-order valence-corrected chi connectivity index (χ0v) is 15.8. The molecule has 6 heteroatoms. The molecule has 5 nitrogen and oxygen atoms in total. The lowest BCUT2D eigenvalue weighted by Crippen LogP contribution is -2.52. The van der Waals surface area contributed by atoms with Crippen LogP contribution in [0.1, 0.15) is 50.8 Å². The van der Waals surface area contributed by atoms with Crippen molar-refractivity contribution < 1.29 is 14.6 Å². The molecular formula is C19H27ClN2O3. The standard InChI is InChI=1S/C19H27ClN2O3/c1-19(2,3)25-18(24)21-14-5-4-8-22(11-14)16-10-12-9-13(20)6-7-15(12)17(16)23/h6-7,9,14,16-17,23H,4-5,8,10-11H2,1-3H3,(H,21,24). The number of halogens is 1. The Morgan fingerprint density at radius 3 is 2.88 bits per heavy atom. The summed E-state index contributed by atoms with van der Waals surface area (Å²) in [6.07, 6.45) is 1.82. The van der Waals surface area contributed by atoms with E-state index in [0.717, 1.165) is 43.5 Å². The fourth-order valence-electron chi connectivity index (χ4n) is 3.81. The fraction of sp³-hybridized carbons (Fsp3) is 0.632. The van der Waals surface area contributed by atoms with E-state index in [1.807, 2.05) is 39.0 Å². The summed E-state index contributed by atoms with van der Waals surface area (Å²) in [6, 6.07) is 5.78. The van der Waals surface area contributed by atoms with Crippen molar-refractivity contribution in [2.24, 2.45) is 0 Å². The van der Waals surface area contributed by atoms with Gasteiger partial charge in [-0.05, 0) is 69.8 Å². The van der Waals surface area contributed by atoms with E-state index in [1.165, 1.54) is 0 Å². The lowest BCUT2D eigenvalue weighted by Gasteiger charge is -2.38. The average Bonchev–Trinajstić information content (AvgIpc) is 2.82. The summed E-state index contributed by atoms with van der Waals surface area (Å²) in [4.78, 5) is 14.3. The summed E-state index contributed by atoms with van der Waals surface area (Å²) >= 11 is 6.08. The van der Waals surface area contributed by atoms with Gasteiger partial charge in [-0.2, -0.15) is 0 Å². The highest BCUT2D eigenvalue weighted by Crippen LogP contribution is 2.36. The minimum atomic E-state index is -0.507. The topological polar surface area (TPSA) is 61.8 Å². The van der Waals surface area contributed by atoms with E-state index >= 15 is 0 Å². The first-order valence-corrected chi connectivity index (χ1v) is 9.31. The van der Waals surface area contributed by atoms with E-state index in [-0.39, 0.29) is 18.2 Å². The average molecular weight is 367 g/mol. The molecule has 1 aromatic rings. The number of fused-ring (bicyclic) bond motifs is 1. The number of piperidine rings is 1. The van der Waals surface area contributed by atoms with Gasteiger partial charge >= 0.3 is 6.09 Å². The quantitative estimate of drug-likeness (QED) is 0.843. The van der Waals surface area contributed by atoms with Crippen LogP contribution in [0.3, 0.4) is 0 Å². The summed E-state index contributed by atoms with van der Waals surface area (Å²) in [5.74, 6) is 0. The second-order valence-electron chi connectivity index (χ2n) is 8.04. The minimum Gasteiger partial charge on any atom is -0.444 e. The second kappa shape index (κ2) is 7.14. The number of carbonyl (C=O) groups excluding carboxylic acids is 1. The minimum absolute atomic E-state index is 0.0386. The predicted molar refractivity (Wildman–Crippen MR) is 97.9 cm³/mol. The van der Waals surface area contributed by atoms with Gasteiger partial charge in [-0.25, -0.2) is 4.79 Å². The van der Waals surface area contributed by atoms with Crippen LogP contribution < -0.4 is 5.32 Å². The van der Waals surface area contributed by atoms with Crippen molar-refractivity contribution in [3.05, 3.63) is 34.3 Å². The number of nitrogens with zero attached hydrogens (tertiary/aromatic N) is 1. The van der Waals surface area contributed by atoms with E-state index in [0.29, 0.717) is 5.02 Å². The van der Waals surface area contributed by atoms with Crippen LogP contribution in [0.4, 0.5) is 4.79 Å². The number of carbonyl (C=O) groups is 1. The van der Waals surface area contributed by atoms with E-state index < -0.39 is 11.7 Å². The van der Waals surface area contributed by atoms with Crippen LogP contribution >= 0.6 is 11.6 Å². The molecule has 1 aromatic carbocycles. The van der Waals surface area contributed by atoms with Crippen molar-refractivity contribution in [3.63, 3.8) is 0 Å². The number of amides is 1. The molecule has 1 fully saturated rings. The highest BCUT2D eigenvalue weighted by molar-refractivity contribution is 6.30. The fourth-order valence-corrected chi connectivity index (χ4v) is 4.01. The lowest BCUT2D eigenvalue weighted by atomic mass is 10.0. The monoisotopic (exact) mass is 366 g/mol. The maximum absolute atomic E-state index is 12.0. The third-order valence-electron chi connectivity index (χ3n) is 4.86. The predicted octanol–water partition coefficient (Wildman–Crippen LogP) is 3.29. The Labute approximate surface area is 154 Å². The van der Waals surface area contributed by atoms with Gasteiger partial charge in [0.1, 0.15) is 5.60 Å². The first-order valence-electron chi connectivity index (χ1n) is 8.93. The normalized spacial score (nSPS) is 27.0. The number of aliphatic hydroxyl groups is 1. The molecule has 0 bridgehead atoms. The molecule has 0 saturated carbocycles. The number of likely N-dealkylation sites (tertiary alicyclic amines) is 1. The van der Waals surface area contributed by atoms with Crippen LogP contribution in [-0.2, 0) is 11.2 Å². The van der Waals surface area contributed by atoms with Crippen molar-refractivity contribution >= 4 is 17.7 Å². The van der Waals surface area contributed by atoms with Gasteiger partial charge in [0.25, 0.3) is 0 Å². The Balaban J connectivity index is 1.62. The van der Waals surface area contributed by atoms with Gasteiger partial charge in [-0.3, -0.25) is 4.90 Å². The highest BCUT2D eigenvalue weighted by Gasteiger charge is 2.37. The third kappa shape index (κ3) is 4.46. The summed E-state index contributed by atoms with van der Waals surface area (Å²) in [6.45, 7) is 7.23. The van der Waals surface area contributed by atoms with Crippen LogP contribution in [0.25, 0.3) is 0 Å². The number of ether oxygens (including phenoxy) is 1. The van der Waals surface area contributed by atoms with Gasteiger partial charge in [0.15, 0.2) is 0 Å². The number of nitrogens with one attached hydrogen (secondary N) is 1. The van der Waals surface area contributed by atoms with Gasteiger partial charge in [0, 0.05) is 23.7 Å². The van der Waals surface area contributed by atoms with Crippen molar-refractivity contribution in [1.29, 1.82) is 0 Å². The molecule has 1 aliphatic heterocycles. The molecule has 1 aliphatic carbocycles. The van der Waals surface area contributed by atoms with Crippen molar-refractivity contribution in [2.45, 2.75) is 63.8 Å². The number of hydrogen-bond donors (Lipinski definition) is 2. The van der Waals surface area contributed by atoms with Gasteiger partial charge in [0.05, 0.1) is 6.10 Å². The molecule has 3 atom stereocenters. The van der Waals surface area contributed by atoms with Crippen LogP contribution in [0.5, 0.6) is 0 Å². The zero-order chi connectivity index (χ0) is 18.2. The summed E-state index contributed by atoms with van der Waals surface area (Å²) in [5.41, 5.74) is 1.59. The van der Waals surface area contributed by atoms with Gasteiger partial charge in [-0.15, -0.1) is 0 Å². The van der Waals surface area contributed by atoms with Crippen LogP contribution in [0, 0.1) is 0 Å². The van der Waals surface area contributed by atoms with Crippen LogP contribution in [0.2, 0.25) is 5.02 Å². The molecule has 0 aromatic heterocycles. The lowest BCUT2D eigenvalue weighted by molar-refractivity contribution is 0.0301. The largest absolute Gasteiger partial charge is 0.444 e. The molecule has 138 valence electrons. The number of hydrogen-bond acceptors (Lipinski definition) is 4. The molecule has 1 amide bonds. The molecule has 1 saturated heterocycles. The number of alkyl carbamates (subject to hydrolysis) is 1. The Morgan fingerprint density at radius 1 is 1.40 bits per heavy atom. The third-order valence-corrected chi connectivity index (χ3v) is 5.09. The molecule has 2 N–H and O–H groups in total. The van der Waals surface area contributed by atoms with E-state index in [9.17, 15) is 9.90 Å².